The van der Waals surface area contributed by atoms with E-state index in [1.807, 2.05) is 131 Å². The molecule has 30 nitrogen and oxygen atoms in total. The number of hydrogen-bond donors (Lipinski definition) is 5. The first-order valence-corrected chi connectivity index (χ1v) is 57.8. The van der Waals surface area contributed by atoms with Crippen molar-refractivity contribution in [2.45, 2.75) is 189 Å². The highest BCUT2D eigenvalue weighted by Crippen LogP contribution is 2.41. The molecule has 772 valence electrons. The maximum absolute atomic E-state index is 12.9. The van der Waals surface area contributed by atoms with Crippen LogP contribution in [0, 0.1) is 34.6 Å². The zero-order valence-corrected chi connectivity index (χ0v) is 91.5. The quantitative estimate of drug-likeness (QED) is 0.0498. The van der Waals surface area contributed by atoms with Gasteiger partial charge in [0.1, 0.15) is 0 Å². The second-order valence-electron chi connectivity index (χ2n) is 39.1. The second kappa shape index (κ2) is 46.4. The second-order valence-corrected chi connectivity index (χ2v) is 50.1. The molecular formula is C107H119Cl7N22O8S3. The molecule has 5 aliphatic heterocycles. The zero-order valence-electron chi connectivity index (χ0n) is 83.7. The Balaban J connectivity index is 0.000000131. The highest BCUT2D eigenvalue weighted by atomic mass is 35.5. The van der Waals surface area contributed by atoms with Gasteiger partial charge in [0.2, 0.25) is 0 Å². The number of fused-ring (bicyclic) bond motifs is 5. The standard InChI is InChI=1S/C23H27ClN4O2S.C22H26ClN5O.C21H23Cl2N5O.C21H23ClN4O2S.C20H20Cl2N4O2S/c1-14(2)16-5-7-17(8-6-16)26-23(29)19-13-25-22-20(21(19)24)15(3)27-28(22)18-9-11-31(4,30)12-10-18;1-14(2)27-10-8-17(9-11-27)28-21-18(13-25-28)20(23)19(12-24-21)22(29)26-16-6-4-15(3)5-7-16;1-13(2)27-9-7-16(8-10-27)28-20-17(12-25-28)19(23)18(11-24-20)21(29)26-15-5-3-14(22)4-6-15;1-13-4-6-15(7-5-13)24-21(27)17-12-23-20-18(19(17)22)14(2)25-26(20)16-8-10-29(3,28)11-9-16;1-12-17-18(22)16(20(27)24-14-5-3-13(21)4-6-14)11-23-19(17)26(25-12)15-7-9-29(2,28)10-8-15/h5-8,13-14,18H,4,9-12H2,1-3H3,(H,26,29);4-7,12-14,17H,8-11H2,1-3H3,(H,26,29);3-6,11-13,16H,7-10H2,1-2H3,(H,26,29);4-7,12,16H,3,8-11H2,1-2H3,(H,24,27);3-6,11,15H,2,7-10H2,1H3,(H,24,27). The van der Waals surface area contributed by atoms with Crippen LogP contribution in [0.4, 0.5) is 28.4 Å². The van der Waals surface area contributed by atoms with Crippen LogP contribution >= 0.6 is 81.2 Å². The van der Waals surface area contributed by atoms with Crippen LogP contribution < -0.4 is 26.6 Å². The van der Waals surface area contributed by atoms with Crippen LogP contribution in [-0.2, 0) is 28.6 Å². The smallest absolute Gasteiger partial charge is 0.258 e. The van der Waals surface area contributed by atoms with Crippen molar-refractivity contribution in [3.63, 3.8) is 0 Å². The first-order valence-electron chi connectivity index (χ1n) is 48.9. The fourth-order valence-corrected chi connectivity index (χ4v) is 25.6. The Morgan fingerprint density at radius 3 is 0.796 bits per heavy atom. The van der Waals surface area contributed by atoms with Crippen molar-refractivity contribution in [3.8, 4) is 0 Å². The first-order chi connectivity index (χ1) is 70.0. The minimum Gasteiger partial charge on any atom is -0.322 e. The molecule has 5 saturated heterocycles. The fourth-order valence-electron chi connectivity index (χ4n) is 18.9. The fraction of sp³-hybridized carbons (Fsp3) is 0.364. The van der Waals surface area contributed by atoms with Gasteiger partial charge in [-0.05, 0) is 269 Å². The number of piperidine rings is 2. The van der Waals surface area contributed by atoms with Gasteiger partial charge in [-0.15, -0.1) is 0 Å². The lowest BCUT2D eigenvalue weighted by molar-refractivity contribution is 0.101. The summed E-state index contributed by atoms with van der Waals surface area (Å²) in [5.41, 5.74) is 14.0. The number of nitrogens with zero attached hydrogens (tertiary/aromatic N) is 17. The summed E-state index contributed by atoms with van der Waals surface area (Å²) in [5, 5.41) is 43.7. The zero-order chi connectivity index (χ0) is 105. The third kappa shape index (κ3) is 25.3. The Labute approximate surface area is 890 Å². The summed E-state index contributed by atoms with van der Waals surface area (Å²) in [5.74, 6) is 13.8. The van der Waals surface area contributed by atoms with Crippen LogP contribution in [0.2, 0.25) is 35.2 Å². The van der Waals surface area contributed by atoms with Gasteiger partial charge in [0.25, 0.3) is 29.5 Å². The van der Waals surface area contributed by atoms with Crippen molar-refractivity contribution in [2.24, 2.45) is 0 Å². The van der Waals surface area contributed by atoms with E-state index < -0.39 is 28.6 Å². The summed E-state index contributed by atoms with van der Waals surface area (Å²) < 4.78 is 46.1. The Bertz CT molecular complexity index is 7420. The summed E-state index contributed by atoms with van der Waals surface area (Å²) in [6, 6.07) is 38.8. The van der Waals surface area contributed by atoms with Gasteiger partial charge in [-0.3, -0.25) is 36.6 Å². The summed E-state index contributed by atoms with van der Waals surface area (Å²) in [6.07, 6.45) is 19.5. The molecular weight excluding hydrogens is 2070 g/mol. The third-order valence-electron chi connectivity index (χ3n) is 27.6. The number of hydrogen-bond acceptors (Lipinski definition) is 20. The van der Waals surface area contributed by atoms with Crippen molar-refractivity contribution >= 4 is 241 Å². The number of likely N-dealkylation sites (tertiary alicyclic amines) is 2. The van der Waals surface area contributed by atoms with E-state index in [0.717, 1.165) is 135 Å². The van der Waals surface area contributed by atoms with Crippen LogP contribution in [0.5, 0.6) is 0 Å². The molecule has 0 bridgehead atoms. The van der Waals surface area contributed by atoms with Gasteiger partial charge in [-0.25, -0.2) is 48.3 Å². The topological polar surface area (TPSA) is 357 Å². The van der Waals surface area contributed by atoms with Crippen LogP contribution in [-0.4, -0.2) is 216 Å². The first kappa shape index (κ1) is 108. The molecule has 147 heavy (non-hydrogen) atoms. The van der Waals surface area contributed by atoms with Crippen LogP contribution in [0.15, 0.2) is 165 Å². The lowest BCUT2D eigenvalue weighted by Crippen LogP contribution is -2.39. The Morgan fingerprint density at radius 1 is 0.313 bits per heavy atom. The third-order valence-corrected chi connectivity index (χ3v) is 36.0. The van der Waals surface area contributed by atoms with Crippen molar-refractivity contribution in [3.05, 3.63) is 261 Å². The lowest BCUT2D eigenvalue weighted by Gasteiger charge is -2.34. The maximum atomic E-state index is 12.9. The van der Waals surface area contributed by atoms with Crippen molar-refractivity contribution < 1.29 is 36.6 Å². The predicted octanol–water partition coefficient (Wildman–Crippen LogP) is 22.9. The molecule has 5 aromatic carbocycles. The van der Waals surface area contributed by atoms with Gasteiger partial charge in [0.05, 0.1) is 140 Å². The van der Waals surface area contributed by atoms with E-state index in [1.165, 1.54) is 30.4 Å². The number of nitrogens with one attached hydrogen (secondary N) is 5. The van der Waals surface area contributed by atoms with Gasteiger partial charge in [0, 0.05) is 142 Å². The number of pyridine rings is 5. The molecule has 0 aliphatic carbocycles. The number of rotatable bonds is 18. The van der Waals surface area contributed by atoms with E-state index >= 15 is 0 Å². The van der Waals surface area contributed by atoms with Gasteiger partial charge in [0.15, 0.2) is 28.2 Å². The minimum atomic E-state index is -1.98. The van der Waals surface area contributed by atoms with E-state index in [4.69, 9.17) is 81.2 Å². The van der Waals surface area contributed by atoms with Crippen LogP contribution in [0.3, 0.4) is 0 Å². The Morgan fingerprint density at radius 2 is 0.544 bits per heavy atom. The van der Waals surface area contributed by atoms with E-state index in [-0.39, 0.29) is 53.2 Å². The van der Waals surface area contributed by atoms with E-state index in [0.29, 0.717) is 189 Å². The molecule has 15 aromatic rings. The molecule has 15 heterocycles. The number of amides is 5. The molecule has 20 rings (SSSR count). The summed E-state index contributed by atoms with van der Waals surface area (Å²) in [4.78, 5) is 91.3. The van der Waals surface area contributed by atoms with Crippen molar-refractivity contribution in [2.75, 3.05) is 87.3 Å². The largest absolute Gasteiger partial charge is 0.322 e. The summed E-state index contributed by atoms with van der Waals surface area (Å²) >= 11 is 44.8. The molecule has 0 radical (unpaired) electrons. The highest BCUT2D eigenvalue weighted by Gasteiger charge is 2.34. The summed E-state index contributed by atoms with van der Waals surface area (Å²) in [7, 11) is -5.92. The molecule has 5 N–H and O–H groups in total. The van der Waals surface area contributed by atoms with Gasteiger partial charge < -0.3 is 36.4 Å². The molecule has 0 spiro atoms. The van der Waals surface area contributed by atoms with E-state index in [9.17, 15) is 36.6 Å². The molecule has 5 amide bonds. The molecule has 5 aliphatic rings. The van der Waals surface area contributed by atoms with Crippen LogP contribution in [0.1, 0.15) is 227 Å². The Kier molecular flexibility index (Phi) is 34.1. The lowest BCUT2D eigenvalue weighted by atomic mass is 10.0. The van der Waals surface area contributed by atoms with Gasteiger partial charge in [-0.1, -0.05) is 143 Å². The van der Waals surface area contributed by atoms with Gasteiger partial charge in [-0.2, -0.15) is 25.5 Å². The van der Waals surface area contributed by atoms with E-state index in [2.05, 4.69) is 146 Å². The molecule has 10 aromatic heterocycles. The number of halogens is 7. The number of aryl methyl sites for hydroxylation is 5. The monoisotopic (exact) mass is 2180 g/mol. The highest BCUT2D eigenvalue weighted by molar-refractivity contribution is 8.00. The molecule has 0 saturated carbocycles. The predicted molar refractivity (Wildman–Crippen MR) is 602 cm³/mol. The van der Waals surface area contributed by atoms with E-state index in [1.54, 1.807) is 67.1 Å². The Hall–Kier alpha value is -11.4. The van der Waals surface area contributed by atoms with Gasteiger partial charge >= 0.3 is 0 Å². The number of anilines is 5. The molecule has 0 atom stereocenters. The average Bonchev–Trinajstić information content (AvgIpc) is 1.62. The summed E-state index contributed by atoms with van der Waals surface area (Å²) in [6.45, 7) is 26.9. The number of aromatic nitrogens is 15. The van der Waals surface area contributed by atoms with Crippen molar-refractivity contribution in [1.82, 2.24) is 83.6 Å². The molecule has 5 fully saturated rings. The number of carbonyl (C=O) groups excluding carboxylic acids is 5. The normalized spacial score (nSPS) is 19.5. The average molecular weight is 2190 g/mol. The maximum Gasteiger partial charge on any atom is 0.258 e. The number of benzene rings is 5. The molecule has 40 heteroatoms. The van der Waals surface area contributed by atoms with Crippen LogP contribution in [0.25, 0.3) is 55.2 Å². The molecule has 0 unspecified atom stereocenters. The SMILES string of the molecule is C=S1(=O)CCC(n2nc(C)c3c(Cl)c(C(=O)Nc4ccc(C(C)C)cc4)cnc32)CC1.C=S1(=O)CCC(n2nc(C)c3c(Cl)c(C(=O)Nc4ccc(C)cc4)cnc32)CC1.C=S1(=O)CCC(n2nc(C)c3c(Cl)c(C(=O)Nc4ccc(Cl)cc4)cnc32)CC1.CC(C)N1CCC(n2ncc3c(Cl)c(C(=O)Nc4ccc(Cl)cc4)cnc32)CC1.Cc1ccc(NC(=O)c2cnc3c(cnn3C3CCN(C(C)C)CC3)c2Cl)cc1. The number of carbonyl (C=O) groups is 5. The minimum absolute atomic E-state index is 0.0971. The van der Waals surface area contributed by atoms with Crippen molar-refractivity contribution in [1.29, 1.82) is 0 Å².